The van der Waals surface area contributed by atoms with E-state index in [-0.39, 0.29) is 11.6 Å². The van der Waals surface area contributed by atoms with Gasteiger partial charge in [0.2, 0.25) is 0 Å². The molecular formula is C13H14N2O2S. The highest BCUT2D eigenvalue weighted by atomic mass is 32.1. The standard InChI is InChI=1S/C13H14N2O2S/c1-8(10-5-6-18-7-10)14-12-4-3-11(13(16)17)9(2)15-12/h3-8H,1-2H3,(H,14,15)(H,16,17). The minimum atomic E-state index is -0.947. The average molecular weight is 262 g/mol. The highest BCUT2D eigenvalue weighted by molar-refractivity contribution is 7.07. The van der Waals surface area contributed by atoms with Crippen LogP contribution in [0.2, 0.25) is 0 Å². The summed E-state index contributed by atoms with van der Waals surface area (Å²) in [7, 11) is 0. The van der Waals surface area contributed by atoms with Crippen LogP contribution in [-0.2, 0) is 0 Å². The lowest BCUT2D eigenvalue weighted by atomic mass is 10.1. The summed E-state index contributed by atoms with van der Waals surface area (Å²) in [6.45, 7) is 3.74. The van der Waals surface area contributed by atoms with Crippen LogP contribution < -0.4 is 5.32 Å². The topological polar surface area (TPSA) is 62.2 Å². The minimum absolute atomic E-state index is 0.152. The van der Waals surface area contributed by atoms with Crippen molar-refractivity contribution < 1.29 is 9.90 Å². The second kappa shape index (κ2) is 5.18. The third kappa shape index (κ3) is 2.68. The van der Waals surface area contributed by atoms with Gasteiger partial charge in [-0.15, -0.1) is 0 Å². The van der Waals surface area contributed by atoms with E-state index in [9.17, 15) is 4.79 Å². The number of aromatic carboxylic acids is 1. The maximum atomic E-state index is 10.9. The third-order valence-electron chi connectivity index (χ3n) is 2.72. The Morgan fingerprint density at radius 3 is 2.78 bits per heavy atom. The first-order valence-corrected chi connectivity index (χ1v) is 6.52. The van der Waals surface area contributed by atoms with E-state index in [1.807, 2.05) is 12.3 Å². The average Bonchev–Trinajstić information content (AvgIpc) is 2.81. The Morgan fingerprint density at radius 1 is 1.44 bits per heavy atom. The van der Waals surface area contributed by atoms with Gasteiger partial charge in [-0.3, -0.25) is 0 Å². The van der Waals surface area contributed by atoms with Crippen molar-refractivity contribution in [1.29, 1.82) is 0 Å². The number of aromatic nitrogens is 1. The largest absolute Gasteiger partial charge is 0.478 e. The molecule has 0 saturated carbocycles. The summed E-state index contributed by atoms with van der Waals surface area (Å²) in [6, 6.07) is 5.48. The van der Waals surface area contributed by atoms with E-state index in [0.29, 0.717) is 11.5 Å². The van der Waals surface area contributed by atoms with Gasteiger partial charge in [-0.25, -0.2) is 9.78 Å². The van der Waals surface area contributed by atoms with Crippen LogP contribution in [0.25, 0.3) is 0 Å². The van der Waals surface area contributed by atoms with E-state index in [0.717, 1.165) is 0 Å². The zero-order valence-corrected chi connectivity index (χ0v) is 11.0. The van der Waals surface area contributed by atoms with Gasteiger partial charge in [0.1, 0.15) is 5.82 Å². The Balaban J connectivity index is 2.15. The third-order valence-corrected chi connectivity index (χ3v) is 3.43. The number of carboxylic acid groups (broad SMARTS) is 1. The first kappa shape index (κ1) is 12.6. The second-order valence-corrected chi connectivity index (χ2v) is 4.84. The maximum absolute atomic E-state index is 10.9. The molecule has 1 unspecified atom stereocenters. The molecule has 0 bridgehead atoms. The number of carbonyl (C=O) groups is 1. The van der Waals surface area contributed by atoms with Gasteiger partial charge in [-0.1, -0.05) is 0 Å². The summed E-state index contributed by atoms with van der Waals surface area (Å²) in [5.41, 5.74) is 1.95. The van der Waals surface area contributed by atoms with Gasteiger partial charge in [-0.2, -0.15) is 11.3 Å². The molecule has 0 saturated heterocycles. The highest BCUT2D eigenvalue weighted by Gasteiger charge is 2.10. The number of anilines is 1. The molecule has 2 aromatic heterocycles. The fourth-order valence-corrected chi connectivity index (χ4v) is 2.45. The number of hydrogen-bond donors (Lipinski definition) is 2. The fourth-order valence-electron chi connectivity index (χ4n) is 1.69. The molecule has 0 amide bonds. The molecule has 2 aromatic rings. The highest BCUT2D eigenvalue weighted by Crippen LogP contribution is 2.20. The van der Waals surface area contributed by atoms with Crippen molar-refractivity contribution >= 4 is 23.1 Å². The number of carboxylic acids is 1. The van der Waals surface area contributed by atoms with E-state index < -0.39 is 5.97 Å². The van der Waals surface area contributed by atoms with Crippen LogP contribution in [0.4, 0.5) is 5.82 Å². The molecule has 2 heterocycles. The molecule has 1 atom stereocenters. The van der Waals surface area contributed by atoms with Crippen LogP contribution >= 0.6 is 11.3 Å². The van der Waals surface area contributed by atoms with Crippen LogP contribution in [0.15, 0.2) is 29.0 Å². The molecule has 4 nitrogen and oxygen atoms in total. The molecule has 2 N–H and O–H groups in total. The van der Waals surface area contributed by atoms with Gasteiger partial charge in [0.25, 0.3) is 0 Å². The summed E-state index contributed by atoms with van der Waals surface area (Å²) in [4.78, 5) is 15.1. The molecule has 2 rings (SSSR count). The Kier molecular flexibility index (Phi) is 3.62. The summed E-state index contributed by atoms with van der Waals surface area (Å²) in [5.74, 6) is -0.256. The zero-order chi connectivity index (χ0) is 13.1. The van der Waals surface area contributed by atoms with E-state index >= 15 is 0 Å². The number of hydrogen-bond acceptors (Lipinski definition) is 4. The van der Waals surface area contributed by atoms with Gasteiger partial charge in [0.05, 0.1) is 17.3 Å². The van der Waals surface area contributed by atoms with Gasteiger partial charge in [0, 0.05) is 0 Å². The number of aryl methyl sites for hydroxylation is 1. The lowest BCUT2D eigenvalue weighted by Gasteiger charge is -2.14. The molecule has 0 spiro atoms. The Hall–Kier alpha value is -1.88. The van der Waals surface area contributed by atoms with E-state index in [1.165, 1.54) is 5.56 Å². The van der Waals surface area contributed by atoms with E-state index in [1.54, 1.807) is 30.4 Å². The molecule has 18 heavy (non-hydrogen) atoms. The fraction of sp³-hybridized carbons (Fsp3) is 0.231. The molecule has 0 radical (unpaired) electrons. The number of nitrogens with one attached hydrogen (secondary N) is 1. The van der Waals surface area contributed by atoms with Crippen molar-refractivity contribution in [2.45, 2.75) is 19.9 Å². The van der Waals surface area contributed by atoms with Gasteiger partial charge in [-0.05, 0) is 48.4 Å². The number of nitrogens with zero attached hydrogens (tertiary/aromatic N) is 1. The Morgan fingerprint density at radius 2 is 2.22 bits per heavy atom. The van der Waals surface area contributed by atoms with E-state index in [2.05, 4.69) is 21.7 Å². The minimum Gasteiger partial charge on any atom is -0.478 e. The predicted octanol–water partition coefficient (Wildman–Crippen LogP) is 3.32. The number of rotatable bonds is 4. The van der Waals surface area contributed by atoms with E-state index in [4.69, 9.17) is 5.11 Å². The molecule has 0 aliphatic heterocycles. The van der Waals surface area contributed by atoms with Crippen LogP contribution in [-0.4, -0.2) is 16.1 Å². The van der Waals surface area contributed by atoms with Crippen LogP contribution in [0, 0.1) is 6.92 Å². The van der Waals surface area contributed by atoms with Crippen LogP contribution in [0.1, 0.15) is 34.6 Å². The predicted molar refractivity (Wildman–Crippen MR) is 72.3 cm³/mol. The molecule has 5 heteroatoms. The quantitative estimate of drug-likeness (QED) is 0.887. The number of pyridine rings is 1. The molecule has 0 aliphatic rings. The Bertz CT molecular complexity index is 552. The lowest BCUT2D eigenvalue weighted by molar-refractivity contribution is 0.0695. The van der Waals surface area contributed by atoms with Crippen molar-refractivity contribution in [3.63, 3.8) is 0 Å². The summed E-state index contributed by atoms with van der Waals surface area (Å²) >= 11 is 1.65. The maximum Gasteiger partial charge on any atom is 0.337 e. The monoisotopic (exact) mass is 262 g/mol. The smallest absolute Gasteiger partial charge is 0.337 e. The van der Waals surface area contributed by atoms with Gasteiger partial charge >= 0.3 is 5.97 Å². The molecule has 0 fully saturated rings. The lowest BCUT2D eigenvalue weighted by Crippen LogP contribution is -2.09. The summed E-state index contributed by atoms with van der Waals surface area (Å²) in [6.07, 6.45) is 0. The molecule has 0 aromatic carbocycles. The first-order valence-electron chi connectivity index (χ1n) is 5.57. The van der Waals surface area contributed by atoms with Crippen molar-refractivity contribution in [3.05, 3.63) is 45.8 Å². The number of thiophene rings is 1. The normalized spacial score (nSPS) is 12.1. The summed E-state index contributed by atoms with van der Waals surface area (Å²) < 4.78 is 0. The van der Waals surface area contributed by atoms with Crippen molar-refractivity contribution in [1.82, 2.24) is 4.98 Å². The molecular weight excluding hydrogens is 248 g/mol. The van der Waals surface area contributed by atoms with Crippen LogP contribution in [0.3, 0.4) is 0 Å². The Labute approximate surface area is 109 Å². The van der Waals surface area contributed by atoms with Crippen molar-refractivity contribution in [2.75, 3.05) is 5.32 Å². The molecule has 94 valence electrons. The van der Waals surface area contributed by atoms with Gasteiger partial charge in [0.15, 0.2) is 0 Å². The second-order valence-electron chi connectivity index (χ2n) is 4.06. The van der Waals surface area contributed by atoms with Crippen LogP contribution in [0.5, 0.6) is 0 Å². The zero-order valence-electron chi connectivity index (χ0n) is 10.2. The van der Waals surface area contributed by atoms with Crippen molar-refractivity contribution in [2.24, 2.45) is 0 Å². The molecule has 0 aliphatic carbocycles. The first-order chi connectivity index (χ1) is 8.58. The van der Waals surface area contributed by atoms with Crippen molar-refractivity contribution in [3.8, 4) is 0 Å². The SMILES string of the molecule is Cc1nc(NC(C)c2ccsc2)ccc1C(=O)O. The van der Waals surface area contributed by atoms with Gasteiger partial charge < -0.3 is 10.4 Å². The summed E-state index contributed by atoms with van der Waals surface area (Å²) in [5, 5.41) is 16.3.